The molecule has 1 aromatic rings. The lowest BCUT2D eigenvalue weighted by atomic mass is 10.1. The molecule has 1 aromatic heterocycles. The minimum absolute atomic E-state index is 0.00478. The van der Waals surface area contributed by atoms with Crippen molar-refractivity contribution in [2.45, 2.75) is 50.4 Å². The summed E-state index contributed by atoms with van der Waals surface area (Å²) in [5.41, 5.74) is 6.03. The molecule has 0 fully saturated rings. The molecule has 0 aliphatic rings. The van der Waals surface area contributed by atoms with Gasteiger partial charge in [0, 0.05) is 30.5 Å². The van der Waals surface area contributed by atoms with E-state index in [1.165, 1.54) is 19.4 Å². The minimum atomic E-state index is -1.28. The zero-order valence-electron chi connectivity index (χ0n) is 16.7. The Labute approximate surface area is 183 Å². The average Bonchev–Trinajstić information content (AvgIpc) is 3.22. The second-order valence-corrected chi connectivity index (χ2v) is 7.06. The summed E-state index contributed by atoms with van der Waals surface area (Å²) in [5, 5.41) is 25.1. The van der Waals surface area contributed by atoms with Gasteiger partial charge in [-0.1, -0.05) is 0 Å². The van der Waals surface area contributed by atoms with Crippen molar-refractivity contribution >= 4 is 42.3 Å². The van der Waals surface area contributed by atoms with Gasteiger partial charge in [0.25, 0.3) is 0 Å². The van der Waals surface area contributed by atoms with E-state index in [2.05, 4.69) is 38.5 Å². The van der Waals surface area contributed by atoms with Crippen LogP contribution in [0.5, 0.6) is 0 Å². The van der Waals surface area contributed by atoms with Crippen LogP contribution in [0.15, 0.2) is 12.5 Å². The number of hydrogen-bond acceptors (Lipinski definition) is 8. The van der Waals surface area contributed by atoms with Gasteiger partial charge in [0.05, 0.1) is 12.4 Å². The Morgan fingerprint density at radius 3 is 2.26 bits per heavy atom. The van der Waals surface area contributed by atoms with Crippen molar-refractivity contribution in [1.29, 1.82) is 0 Å². The Morgan fingerprint density at radius 1 is 1.10 bits per heavy atom. The number of rotatable bonds is 13. The van der Waals surface area contributed by atoms with Gasteiger partial charge < -0.3 is 36.9 Å². The molecule has 0 aromatic carbocycles. The largest absolute Gasteiger partial charge is 0.481 e. The Morgan fingerprint density at radius 2 is 1.74 bits per heavy atom. The van der Waals surface area contributed by atoms with Crippen LogP contribution in [0.1, 0.15) is 25.5 Å². The molecule has 4 unspecified atom stereocenters. The molecular formula is C17H26N6O7S. The van der Waals surface area contributed by atoms with E-state index in [0.29, 0.717) is 5.69 Å². The number of aromatic amines is 1. The third-order valence-electron chi connectivity index (χ3n) is 4.16. The van der Waals surface area contributed by atoms with Crippen molar-refractivity contribution in [3.8, 4) is 0 Å². The highest BCUT2D eigenvalue weighted by molar-refractivity contribution is 7.80. The van der Waals surface area contributed by atoms with E-state index in [4.69, 9.17) is 10.8 Å². The van der Waals surface area contributed by atoms with Gasteiger partial charge in [-0.3, -0.25) is 19.2 Å². The van der Waals surface area contributed by atoms with Crippen LogP contribution >= 0.6 is 12.6 Å². The maximum atomic E-state index is 12.5. The van der Waals surface area contributed by atoms with Crippen LogP contribution in [-0.4, -0.2) is 79.8 Å². The molecule has 0 bridgehead atoms. The van der Waals surface area contributed by atoms with Crippen molar-refractivity contribution in [3.05, 3.63) is 18.2 Å². The van der Waals surface area contributed by atoms with Crippen LogP contribution in [0.2, 0.25) is 0 Å². The number of carbonyl (C=O) groups is 5. The zero-order valence-corrected chi connectivity index (χ0v) is 17.6. The number of carboxylic acid groups (broad SMARTS) is 2. The topological polar surface area (TPSA) is 217 Å². The molecule has 8 N–H and O–H groups in total. The van der Waals surface area contributed by atoms with Crippen LogP contribution in [0.3, 0.4) is 0 Å². The van der Waals surface area contributed by atoms with E-state index in [1.54, 1.807) is 0 Å². The molecule has 0 saturated carbocycles. The Hall–Kier alpha value is -3.13. The quantitative estimate of drug-likeness (QED) is 0.148. The second kappa shape index (κ2) is 12.5. The molecule has 13 nitrogen and oxygen atoms in total. The minimum Gasteiger partial charge on any atom is -0.481 e. The lowest BCUT2D eigenvalue weighted by Crippen LogP contribution is -2.56. The number of nitrogens with two attached hydrogens (primary N) is 1. The molecule has 0 radical (unpaired) electrons. The van der Waals surface area contributed by atoms with Gasteiger partial charge in [0.2, 0.25) is 17.7 Å². The first-order valence-electron chi connectivity index (χ1n) is 9.24. The summed E-state index contributed by atoms with van der Waals surface area (Å²) in [4.78, 5) is 65.6. The van der Waals surface area contributed by atoms with E-state index >= 15 is 0 Å². The van der Waals surface area contributed by atoms with Crippen LogP contribution in [0.4, 0.5) is 0 Å². The number of carboxylic acids is 2. The van der Waals surface area contributed by atoms with E-state index in [9.17, 15) is 29.1 Å². The fraction of sp³-hybridized carbons (Fsp3) is 0.529. The first-order chi connectivity index (χ1) is 14.5. The number of thiol groups is 1. The Balaban J connectivity index is 2.75. The third kappa shape index (κ3) is 9.04. The highest BCUT2D eigenvalue weighted by Gasteiger charge is 2.28. The average molecular weight is 458 g/mol. The molecular weight excluding hydrogens is 432 g/mol. The second-order valence-electron chi connectivity index (χ2n) is 6.69. The van der Waals surface area contributed by atoms with Crippen LogP contribution < -0.4 is 21.7 Å². The van der Waals surface area contributed by atoms with Crippen molar-refractivity contribution in [2.24, 2.45) is 5.73 Å². The maximum absolute atomic E-state index is 12.5. The van der Waals surface area contributed by atoms with Crippen LogP contribution in [0.25, 0.3) is 0 Å². The number of amides is 3. The van der Waals surface area contributed by atoms with Crippen molar-refractivity contribution in [2.75, 3.05) is 5.75 Å². The molecule has 0 aliphatic heterocycles. The van der Waals surface area contributed by atoms with E-state index in [0.717, 1.165) is 0 Å². The smallest absolute Gasteiger partial charge is 0.326 e. The monoisotopic (exact) mass is 458 g/mol. The molecule has 1 heterocycles. The number of carbonyl (C=O) groups excluding carboxylic acids is 3. The molecule has 4 atom stereocenters. The highest BCUT2D eigenvalue weighted by atomic mass is 32.1. The Kier molecular flexibility index (Phi) is 10.5. The summed E-state index contributed by atoms with van der Waals surface area (Å²) >= 11 is 3.89. The number of nitrogens with one attached hydrogen (secondary N) is 4. The van der Waals surface area contributed by atoms with Crippen LogP contribution in [0, 0.1) is 0 Å². The summed E-state index contributed by atoms with van der Waals surface area (Å²) in [5.74, 6) is -4.76. The molecule has 14 heteroatoms. The van der Waals surface area contributed by atoms with E-state index < -0.39 is 60.2 Å². The standard InChI is InChI=1S/C17H26N6O7S/c1-8(14(26)23-12(17(29)30)4-9-5-19-7-20-9)21-16(28)11(2-3-13(24)25)22-15(27)10(18)6-31/h5,7-8,10-12,31H,2-4,6,18H2,1H3,(H,19,20)(H,21,28)(H,22,27)(H,23,26)(H,24,25)(H,29,30). The molecule has 0 spiro atoms. The van der Waals surface area contributed by atoms with E-state index in [-0.39, 0.29) is 18.6 Å². The number of H-pyrrole nitrogens is 1. The van der Waals surface area contributed by atoms with Gasteiger partial charge in [0.15, 0.2) is 0 Å². The first kappa shape index (κ1) is 25.9. The van der Waals surface area contributed by atoms with Gasteiger partial charge in [0.1, 0.15) is 18.1 Å². The molecule has 3 amide bonds. The summed E-state index contributed by atoms with van der Waals surface area (Å²) in [6.45, 7) is 1.32. The summed E-state index contributed by atoms with van der Waals surface area (Å²) in [6, 6.07) is -4.71. The normalized spacial score (nSPS) is 14.5. The van der Waals surface area contributed by atoms with Crippen molar-refractivity contribution < 1.29 is 34.2 Å². The SMILES string of the molecule is CC(NC(=O)C(CCC(=O)O)NC(=O)C(N)CS)C(=O)NC(Cc1cnc[nH]1)C(=O)O. The van der Waals surface area contributed by atoms with E-state index in [1.807, 2.05) is 0 Å². The lowest BCUT2D eigenvalue weighted by molar-refractivity contribution is -0.142. The number of aliphatic carboxylic acids is 2. The summed E-state index contributed by atoms with van der Waals surface area (Å²) < 4.78 is 0. The van der Waals surface area contributed by atoms with Crippen molar-refractivity contribution in [3.63, 3.8) is 0 Å². The zero-order chi connectivity index (χ0) is 23.6. The number of aromatic nitrogens is 2. The number of hydrogen-bond donors (Lipinski definition) is 8. The predicted molar refractivity (Wildman–Crippen MR) is 110 cm³/mol. The highest BCUT2D eigenvalue weighted by Crippen LogP contribution is 2.02. The van der Waals surface area contributed by atoms with Gasteiger partial charge in [-0.25, -0.2) is 9.78 Å². The third-order valence-corrected chi connectivity index (χ3v) is 4.55. The predicted octanol–water partition coefficient (Wildman–Crippen LogP) is -2.37. The van der Waals surface area contributed by atoms with Gasteiger partial charge in [-0.15, -0.1) is 0 Å². The fourth-order valence-electron chi connectivity index (χ4n) is 2.39. The van der Waals surface area contributed by atoms with Crippen LogP contribution in [-0.2, 0) is 30.4 Å². The first-order valence-corrected chi connectivity index (χ1v) is 9.87. The summed E-state index contributed by atoms with van der Waals surface area (Å²) in [6.07, 6.45) is 2.07. The Bertz CT molecular complexity index is 788. The van der Waals surface area contributed by atoms with Gasteiger partial charge in [-0.05, 0) is 13.3 Å². The number of nitrogens with zero attached hydrogens (tertiary/aromatic N) is 1. The fourth-order valence-corrected chi connectivity index (χ4v) is 2.56. The van der Waals surface area contributed by atoms with Gasteiger partial charge >= 0.3 is 11.9 Å². The molecule has 172 valence electrons. The summed E-state index contributed by atoms with van der Waals surface area (Å²) in [7, 11) is 0. The lowest BCUT2D eigenvalue weighted by Gasteiger charge is -2.23. The number of imidazole rings is 1. The maximum Gasteiger partial charge on any atom is 0.326 e. The molecule has 0 saturated heterocycles. The van der Waals surface area contributed by atoms with Gasteiger partial charge in [-0.2, -0.15) is 12.6 Å². The molecule has 0 aliphatic carbocycles. The molecule has 31 heavy (non-hydrogen) atoms. The molecule has 1 rings (SSSR count). The van der Waals surface area contributed by atoms with Crippen molar-refractivity contribution in [1.82, 2.24) is 25.9 Å².